The first kappa shape index (κ1) is 11.5. The van der Waals surface area contributed by atoms with Crippen LogP contribution in [0, 0.1) is 0 Å². The molecule has 0 aliphatic carbocycles. The van der Waals surface area contributed by atoms with E-state index in [4.69, 9.17) is 4.74 Å². The molecule has 1 aromatic rings. The van der Waals surface area contributed by atoms with Gasteiger partial charge in [0.15, 0.2) is 0 Å². The van der Waals surface area contributed by atoms with E-state index in [0.717, 1.165) is 12.3 Å². The second kappa shape index (κ2) is 4.88. The van der Waals surface area contributed by atoms with E-state index in [1.165, 1.54) is 24.0 Å². The molecule has 2 unspecified atom stereocenters. The van der Waals surface area contributed by atoms with Crippen molar-refractivity contribution in [3.63, 3.8) is 0 Å². The number of nitrogens with one attached hydrogen (secondary N) is 1. The van der Waals surface area contributed by atoms with Crippen LogP contribution in [0.3, 0.4) is 0 Å². The molecule has 1 aliphatic rings. The molecule has 1 N–H and O–H groups in total. The van der Waals surface area contributed by atoms with Crippen molar-refractivity contribution in [1.82, 2.24) is 5.32 Å². The van der Waals surface area contributed by atoms with E-state index in [-0.39, 0.29) is 0 Å². The Morgan fingerprint density at radius 2 is 2.12 bits per heavy atom. The molecule has 1 heterocycles. The normalized spacial score (nSPS) is 23.9. The number of rotatable bonds is 3. The molecule has 2 nitrogen and oxygen atoms in total. The molecule has 2 atom stereocenters. The van der Waals surface area contributed by atoms with Gasteiger partial charge in [-0.2, -0.15) is 0 Å². The molecule has 0 spiro atoms. The number of ether oxygens (including phenoxy) is 1. The van der Waals surface area contributed by atoms with E-state index in [0.29, 0.717) is 12.0 Å². The fraction of sp³-hybridized carbons (Fsp3) is 0.571. The summed E-state index contributed by atoms with van der Waals surface area (Å²) in [6.45, 7) is 5.50. The number of methoxy groups -OCH3 is 1. The molecule has 1 aromatic carbocycles. The number of hydrogen-bond acceptors (Lipinski definition) is 2. The molecule has 0 saturated heterocycles. The van der Waals surface area contributed by atoms with E-state index in [9.17, 15) is 0 Å². The lowest BCUT2D eigenvalue weighted by atomic mass is 9.82. The van der Waals surface area contributed by atoms with Gasteiger partial charge in [0.05, 0.1) is 7.11 Å². The second-order valence-corrected chi connectivity index (χ2v) is 4.48. The van der Waals surface area contributed by atoms with Crippen molar-refractivity contribution >= 4 is 0 Å². The van der Waals surface area contributed by atoms with Gasteiger partial charge in [0.2, 0.25) is 0 Å². The zero-order valence-corrected chi connectivity index (χ0v) is 10.4. The maximum Gasteiger partial charge on any atom is 0.119 e. The van der Waals surface area contributed by atoms with Gasteiger partial charge in [-0.1, -0.05) is 19.9 Å². The van der Waals surface area contributed by atoms with Crippen molar-refractivity contribution in [2.75, 3.05) is 7.11 Å². The van der Waals surface area contributed by atoms with Crippen molar-refractivity contribution in [1.29, 1.82) is 0 Å². The predicted molar refractivity (Wildman–Crippen MR) is 66.9 cm³/mol. The minimum Gasteiger partial charge on any atom is -0.497 e. The van der Waals surface area contributed by atoms with Gasteiger partial charge in [0, 0.05) is 12.6 Å². The van der Waals surface area contributed by atoms with Crippen molar-refractivity contribution in [2.45, 2.75) is 45.2 Å². The summed E-state index contributed by atoms with van der Waals surface area (Å²) in [6.07, 6.45) is 2.40. The zero-order valence-electron chi connectivity index (χ0n) is 10.4. The minimum absolute atomic E-state index is 0.630. The molecule has 0 fully saturated rings. The average Bonchev–Trinajstić information content (AvgIpc) is 2.36. The van der Waals surface area contributed by atoms with Crippen molar-refractivity contribution in [3.8, 4) is 5.75 Å². The zero-order chi connectivity index (χ0) is 11.5. The predicted octanol–water partition coefficient (Wildman–Crippen LogP) is 3.07. The lowest BCUT2D eigenvalue weighted by Crippen LogP contribution is -2.38. The monoisotopic (exact) mass is 219 g/mol. The molecule has 1 aliphatic heterocycles. The van der Waals surface area contributed by atoms with E-state index < -0.39 is 0 Å². The van der Waals surface area contributed by atoms with Gasteiger partial charge < -0.3 is 10.1 Å². The van der Waals surface area contributed by atoms with Crippen molar-refractivity contribution in [2.24, 2.45) is 0 Å². The van der Waals surface area contributed by atoms with E-state index >= 15 is 0 Å². The summed E-state index contributed by atoms with van der Waals surface area (Å²) in [5, 5.41) is 3.62. The highest BCUT2D eigenvalue weighted by Gasteiger charge is 2.26. The molecule has 16 heavy (non-hydrogen) atoms. The van der Waals surface area contributed by atoms with Gasteiger partial charge in [-0.05, 0) is 42.0 Å². The van der Waals surface area contributed by atoms with Crippen LogP contribution in [0.1, 0.15) is 43.7 Å². The van der Waals surface area contributed by atoms with Crippen LogP contribution in [0.25, 0.3) is 0 Å². The first-order chi connectivity index (χ1) is 7.80. The lowest BCUT2D eigenvalue weighted by Gasteiger charge is -2.33. The maximum atomic E-state index is 5.27. The average molecular weight is 219 g/mol. The fourth-order valence-electron chi connectivity index (χ4n) is 2.76. The topological polar surface area (TPSA) is 21.3 Å². The Labute approximate surface area is 98.0 Å². The highest BCUT2D eigenvalue weighted by atomic mass is 16.5. The molecular formula is C14H21NO. The summed E-state index contributed by atoms with van der Waals surface area (Å²) < 4.78 is 5.27. The van der Waals surface area contributed by atoms with Gasteiger partial charge in [0.25, 0.3) is 0 Å². The standard InChI is InChI=1S/C14H21NO/c1-4-12-13-7-6-11(16-3)8-10(13)9-15-14(12)5-2/h6-8,12,14-15H,4-5,9H2,1-3H3. The Kier molecular flexibility index (Phi) is 3.49. The number of fused-ring (bicyclic) bond motifs is 1. The van der Waals surface area contributed by atoms with Gasteiger partial charge in [-0.25, -0.2) is 0 Å². The summed E-state index contributed by atoms with van der Waals surface area (Å²) in [7, 11) is 1.73. The Morgan fingerprint density at radius 1 is 1.31 bits per heavy atom. The fourth-order valence-corrected chi connectivity index (χ4v) is 2.76. The van der Waals surface area contributed by atoms with Crippen LogP contribution in [0.15, 0.2) is 18.2 Å². The van der Waals surface area contributed by atoms with Crippen LogP contribution in [0.2, 0.25) is 0 Å². The third kappa shape index (κ3) is 1.94. The highest BCUT2D eigenvalue weighted by molar-refractivity contribution is 5.40. The van der Waals surface area contributed by atoms with Crippen LogP contribution in [0.5, 0.6) is 5.75 Å². The quantitative estimate of drug-likeness (QED) is 0.843. The molecule has 0 bridgehead atoms. The molecule has 0 aromatic heterocycles. The summed E-state index contributed by atoms with van der Waals surface area (Å²) in [5.74, 6) is 1.62. The van der Waals surface area contributed by atoms with Crippen LogP contribution in [0.4, 0.5) is 0 Å². The number of hydrogen-bond donors (Lipinski definition) is 1. The van der Waals surface area contributed by atoms with Gasteiger partial charge >= 0.3 is 0 Å². The molecule has 2 rings (SSSR count). The lowest BCUT2D eigenvalue weighted by molar-refractivity contribution is 0.378. The minimum atomic E-state index is 0.630. The van der Waals surface area contributed by atoms with E-state index in [2.05, 4.69) is 37.4 Å². The molecular weight excluding hydrogens is 198 g/mol. The maximum absolute atomic E-state index is 5.27. The Balaban J connectivity index is 2.34. The van der Waals surface area contributed by atoms with Gasteiger partial charge in [-0.15, -0.1) is 0 Å². The molecule has 0 radical (unpaired) electrons. The van der Waals surface area contributed by atoms with Gasteiger partial charge in [0.1, 0.15) is 5.75 Å². The summed E-state index contributed by atoms with van der Waals surface area (Å²) in [5.41, 5.74) is 2.91. The van der Waals surface area contributed by atoms with Crippen LogP contribution >= 0.6 is 0 Å². The first-order valence-corrected chi connectivity index (χ1v) is 6.20. The molecule has 88 valence electrons. The summed E-state index contributed by atoms with van der Waals surface area (Å²) in [6, 6.07) is 7.12. The highest BCUT2D eigenvalue weighted by Crippen LogP contribution is 2.33. The second-order valence-electron chi connectivity index (χ2n) is 4.48. The van der Waals surface area contributed by atoms with Crippen LogP contribution in [-0.4, -0.2) is 13.2 Å². The third-order valence-corrected chi connectivity index (χ3v) is 3.67. The summed E-state index contributed by atoms with van der Waals surface area (Å²) in [4.78, 5) is 0. The Morgan fingerprint density at radius 3 is 2.75 bits per heavy atom. The summed E-state index contributed by atoms with van der Waals surface area (Å²) >= 11 is 0. The van der Waals surface area contributed by atoms with Gasteiger partial charge in [-0.3, -0.25) is 0 Å². The van der Waals surface area contributed by atoms with Crippen molar-refractivity contribution in [3.05, 3.63) is 29.3 Å². The molecule has 0 saturated carbocycles. The van der Waals surface area contributed by atoms with Crippen molar-refractivity contribution < 1.29 is 4.74 Å². The van der Waals surface area contributed by atoms with Crippen LogP contribution < -0.4 is 10.1 Å². The molecule has 0 amide bonds. The Hall–Kier alpha value is -1.02. The largest absolute Gasteiger partial charge is 0.497 e. The van der Waals surface area contributed by atoms with Crippen LogP contribution in [-0.2, 0) is 6.54 Å². The Bertz CT molecular complexity index is 362. The van der Waals surface area contributed by atoms with E-state index in [1.54, 1.807) is 7.11 Å². The van der Waals surface area contributed by atoms with E-state index in [1.807, 2.05) is 0 Å². The third-order valence-electron chi connectivity index (χ3n) is 3.67. The first-order valence-electron chi connectivity index (χ1n) is 6.20. The number of benzene rings is 1. The SMILES string of the molecule is CCC1NCc2cc(OC)ccc2C1CC. The molecule has 2 heteroatoms. The smallest absolute Gasteiger partial charge is 0.119 e.